The van der Waals surface area contributed by atoms with E-state index in [1.165, 1.54) is 12.8 Å². The van der Waals surface area contributed by atoms with E-state index < -0.39 is 0 Å². The predicted octanol–water partition coefficient (Wildman–Crippen LogP) is 2.12. The zero-order valence-electron chi connectivity index (χ0n) is 13.6. The fraction of sp³-hybridized carbons (Fsp3) is 0.588. The molecule has 1 atom stereocenters. The van der Waals surface area contributed by atoms with E-state index in [-0.39, 0.29) is 6.04 Å². The number of ether oxygens (including phenoxy) is 1. The van der Waals surface area contributed by atoms with E-state index in [1.807, 2.05) is 25.2 Å². The van der Waals surface area contributed by atoms with E-state index in [0.717, 1.165) is 36.9 Å². The van der Waals surface area contributed by atoms with Crippen LogP contribution in [0.1, 0.15) is 24.4 Å². The van der Waals surface area contributed by atoms with Gasteiger partial charge in [-0.1, -0.05) is 29.8 Å². The van der Waals surface area contributed by atoms with E-state index in [0.29, 0.717) is 18.5 Å². The number of benzene rings is 1. The van der Waals surface area contributed by atoms with Gasteiger partial charge in [-0.05, 0) is 24.5 Å². The molecule has 0 bridgehead atoms. The van der Waals surface area contributed by atoms with Crippen LogP contribution in [0.2, 0.25) is 5.02 Å². The Kier molecular flexibility index (Phi) is 5.41. The first kappa shape index (κ1) is 16.6. The Morgan fingerprint density at radius 2 is 2.09 bits per heavy atom. The van der Waals surface area contributed by atoms with Crippen molar-refractivity contribution in [3.63, 3.8) is 0 Å². The molecule has 0 amide bonds. The zero-order chi connectivity index (χ0) is 16.2. The molecule has 1 aliphatic heterocycles. The summed E-state index contributed by atoms with van der Waals surface area (Å²) in [7, 11) is 2.02. The number of hydrogen-bond donors (Lipinski definition) is 1. The van der Waals surface area contributed by atoms with Gasteiger partial charge in [0.2, 0.25) is 0 Å². The fourth-order valence-electron chi connectivity index (χ4n) is 2.99. The fourth-order valence-corrected chi connectivity index (χ4v) is 3.25. The molecule has 1 heterocycles. The minimum atomic E-state index is 0.138. The lowest BCUT2D eigenvalue weighted by Crippen LogP contribution is -2.41. The zero-order valence-corrected chi connectivity index (χ0v) is 14.4. The molecule has 1 aromatic carbocycles. The molecule has 23 heavy (non-hydrogen) atoms. The molecule has 0 spiro atoms. The maximum absolute atomic E-state index is 6.43. The van der Waals surface area contributed by atoms with E-state index >= 15 is 0 Å². The van der Waals surface area contributed by atoms with Crippen LogP contribution in [-0.2, 0) is 4.74 Å². The first-order valence-electron chi connectivity index (χ1n) is 8.26. The number of rotatable bonds is 5. The van der Waals surface area contributed by atoms with Gasteiger partial charge in [-0.25, -0.2) is 0 Å². The Hall–Kier alpha value is -1.30. The Morgan fingerprint density at radius 1 is 1.39 bits per heavy atom. The van der Waals surface area contributed by atoms with Crippen molar-refractivity contribution < 1.29 is 4.74 Å². The van der Waals surface area contributed by atoms with Crippen LogP contribution in [0.15, 0.2) is 29.3 Å². The van der Waals surface area contributed by atoms with E-state index in [1.54, 1.807) is 0 Å². The van der Waals surface area contributed by atoms with Crippen molar-refractivity contribution in [3.05, 3.63) is 34.9 Å². The largest absolute Gasteiger partial charge is 0.379 e. The Morgan fingerprint density at radius 3 is 2.74 bits per heavy atom. The normalized spacial score (nSPS) is 21.2. The van der Waals surface area contributed by atoms with Crippen molar-refractivity contribution in [2.75, 3.05) is 39.9 Å². The number of guanidine groups is 1. The molecule has 6 heteroatoms. The highest BCUT2D eigenvalue weighted by atomic mass is 35.5. The lowest BCUT2D eigenvalue weighted by atomic mass is 10.0. The Labute approximate surface area is 143 Å². The van der Waals surface area contributed by atoms with Gasteiger partial charge in [0.15, 0.2) is 5.96 Å². The molecule has 5 nitrogen and oxygen atoms in total. The average molecular weight is 337 g/mol. The third kappa shape index (κ3) is 4.16. The number of morpholine rings is 1. The SMILES string of the molecule is CN(C(N)=NCC(c1ccccc1Cl)N1CCOCC1)C1CC1. The molecule has 2 aliphatic rings. The third-order valence-corrected chi connectivity index (χ3v) is 4.98. The van der Waals surface area contributed by atoms with Crippen molar-refractivity contribution in [2.24, 2.45) is 10.7 Å². The lowest BCUT2D eigenvalue weighted by Gasteiger charge is -2.34. The maximum Gasteiger partial charge on any atom is 0.191 e. The molecule has 1 unspecified atom stereocenters. The summed E-state index contributed by atoms with van der Waals surface area (Å²) >= 11 is 6.43. The third-order valence-electron chi connectivity index (χ3n) is 4.63. The van der Waals surface area contributed by atoms with Gasteiger partial charge in [0.1, 0.15) is 0 Å². The minimum absolute atomic E-state index is 0.138. The van der Waals surface area contributed by atoms with Crippen molar-refractivity contribution in [3.8, 4) is 0 Å². The molecule has 2 N–H and O–H groups in total. The summed E-state index contributed by atoms with van der Waals surface area (Å²) in [5.41, 5.74) is 7.26. The van der Waals surface area contributed by atoms with Crippen LogP contribution in [0.3, 0.4) is 0 Å². The van der Waals surface area contributed by atoms with Crippen LogP contribution in [0, 0.1) is 0 Å². The van der Waals surface area contributed by atoms with Gasteiger partial charge in [-0.15, -0.1) is 0 Å². The van der Waals surface area contributed by atoms with Crippen molar-refractivity contribution in [2.45, 2.75) is 24.9 Å². The van der Waals surface area contributed by atoms with E-state index in [9.17, 15) is 0 Å². The summed E-state index contributed by atoms with van der Waals surface area (Å²) in [4.78, 5) is 9.13. The molecular formula is C17H25ClN4O. The summed E-state index contributed by atoms with van der Waals surface area (Å²) in [5.74, 6) is 0.623. The second-order valence-corrected chi connectivity index (χ2v) is 6.63. The summed E-state index contributed by atoms with van der Waals surface area (Å²) in [6.45, 7) is 3.91. The smallest absolute Gasteiger partial charge is 0.191 e. The first-order chi connectivity index (χ1) is 11.2. The van der Waals surface area contributed by atoms with E-state index in [4.69, 9.17) is 22.1 Å². The van der Waals surface area contributed by atoms with Crippen LogP contribution in [0.5, 0.6) is 0 Å². The highest BCUT2D eigenvalue weighted by molar-refractivity contribution is 6.31. The van der Waals surface area contributed by atoms with Crippen molar-refractivity contribution in [1.82, 2.24) is 9.80 Å². The molecule has 2 fully saturated rings. The van der Waals surface area contributed by atoms with Gasteiger partial charge >= 0.3 is 0 Å². The van der Waals surface area contributed by atoms with Crippen LogP contribution >= 0.6 is 11.6 Å². The number of aliphatic imine (C=N–C) groups is 1. The Balaban J connectivity index is 1.77. The highest BCUT2D eigenvalue weighted by Gasteiger charge is 2.28. The van der Waals surface area contributed by atoms with Crippen LogP contribution in [0.25, 0.3) is 0 Å². The second kappa shape index (κ2) is 7.51. The second-order valence-electron chi connectivity index (χ2n) is 6.23. The van der Waals surface area contributed by atoms with Gasteiger partial charge in [0.05, 0.1) is 25.8 Å². The monoisotopic (exact) mass is 336 g/mol. The molecule has 0 radical (unpaired) electrons. The van der Waals surface area contributed by atoms with Crippen molar-refractivity contribution in [1.29, 1.82) is 0 Å². The summed E-state index contributed by atoms with van der Waals surface area (Å²) < 4.78 is 5.48. The molecule has 1 saturated heterocycles. The van der Waals surface area contributed by atoms with Crippen LogP contribution in [0.4, 0.5) is 0 Å². The van der Waals surface area contributed by atoms with E-state index in [2.05, 4.69) is 20.9 Å². The van der Waals surface area contributed by atoms with Gasteiger partial charge in [-0.2, -0.15) is 0 Å². The first-order valence-corrected chi connectivity index (χ1v) is 8.63. The molecule has 1 aromatic rings. The van der Waals surface area contributed by atoms with Gasteiger partial charge in [0, 0.05) is 31.2 Å². The molecule has 0 aromatic heterocycles. The number of nitrogens with zero attached hydrogens (tertiary/aromatic N) is 3. The van der Waals surface area contributed by atoms with Gasteiger partial charge in [-0.3, -0.25) is 9.89 Å². The predicted molar refractivity (Wildman–Crippen MR) is 93.9 cm³/mol. The molecule has 1 aliphatic carbocycles. The summed E-state index contributed by atoms with van der Waals surface area (Å²) in [6, 6.07) is 8.71. The lowest BCUT2D eigenvalue weighted by molar-refractivity contribution is 0.0179. The summed E-state index contributed by atoms with van der Waals surface area (Å²) in [6.07, 6.45) is 2.42. The standard InChI is InChI=1S/C17H25ClN4O/c1-21(13-6-7-13)17(19)20-12-16(22-8-10-23-11-9-22)14-4-2-3-5-15(14)18/h2-5,13,16H,6-12H2,1H3,(H2,19,20). The molecular weight excluding hydrogens is 312 g/mol. The molecule has 1 saturated carbocycles. The van der Waals surface area contributed by atoms with Crippen LogP contribution in [-0.4, -0.2) is 61.7 Å². The van der Waals surface area contributed by atoms with Gasteiger partial charge in [0.25, 0.3) is 0 Å². The molecule has 126 valence electrons. The number of hydrogen-bond acceptors (Lipinski definition) is 3. The Bertz CT molecular complexity index is 555. The summed E-state index contributed by atoms with van der Waals surface area (Å²) in [5, 5.41) is 0.785. The van der Waals surface area contributed by atoms with Crippen molar-refractivity contribution >= 4 is 17.6 Å². The topological polar surface area (TPSA) is 54.1 Å². The highest BCUT2D eigenvalue weighted by Crippen LogP contribution is 2.29. The van der Waals surface area contributed by atoms with Crippen LogP contribution < -0.4 is 5.73 Å². The molecule has 3 rings (SSSR count). The van der Waals surface area contributed by atoms with Gasteiger partial charge < -0.3 is 15.4 Å². The maximum atomic E-state index is 6.43. The minimum Gasteiger partial charge on any atom is -0.379 e. The number of halogens is 1. The average Bonchev–Trinajstić information content (AvgIpc) is 3.41. The quantitative estimate of drug-likeness (QED) is 0.661. The number of nitrogens with two attached hydrogens (primary N) is 1.